The van der Waals surface area contributed by atoms with Crippen molar-refractivity contribution < 1.29 is 13.2 Å². The van der Waals surface area contributed by atoms with Crippen molar-refractivity contribution in [1.82, 2.24) is 0 Å². The number of benzene rings is 3. The van der Waals surface area contributed by atoms with Crippen molar-refractivity contribution in [2.24, 2.45) is 10.7 Å². The van der Waals surface area contributed by atoms with Crippen molar-refractivity contribution in [3.63, 3.8) is 0 Å². The normalized spacial score (nSPS) is 13.9. The number of nitrogens with zero attached hydrogens (tertiary/aromatic N) is 1. The SMILES string of the molecule is CC(C)c1ccc2cc3c(c(-c4cccc(C(F)(F)F)c4)c2c1)C(N)=NC3=N. The maximum Gasteiger partial charge on any atom is 0.416 e. The third-order valence-corrected chi connectivity index (χ3v) is 5.05. The molecule has 1 heterocycles. The molecule has 3 nitrogen and oxygen atoms in total. The third kappa shape index (κ3) is 2.85. The predicted molar refractivity (Wildman–Crippen MR) is 106 cm³/mol. The molecule has 4 rings (SSSR count). The van der Waals surface area contributed by atoms with E-state index in [4.69, 9.17) is 11.1 Å². The van der Waals surface area contributed by atoms with Gasteiger partial charge in [0.2, 0.25) is 0 Å². The van der Waals surface area contributed by atoms with E-state index in [1.165, 1.54) is 6.07 Å². The highest BCUT2D eigenvalue weighted by atomic mass is 19.4. The number of rotatable bonds is 2. The second kappa shape index (κ2) is 6.19. The molecule has 0 aromatic heterocycles. The predicted octanol–water partition coefficient (Wildman–Crippen LogP) is 5.69. The van der Waals surface area contributed by atoms with Gasteiger partial charge < -0.3 is 5.73 Å². The van der Waals surface area contributed by atoms with Gasteiger partial charge in [-0.15, -0.1) is 0 Å². The molecule has 0 radical (unpaired) electrons. The van der Waals surface area contributed by atoms with Gasteiger partial charge in [-0.25, -0.2) is 4.99 Å². The van der Waals surface area contributed by atoms with Gasteiger partial charge in [-0.2, -0.15) is 13.2 Å². The molecule has 0 spiro atoms. The maximum absolute atomic E-state index is 13.3. The zero-order valence-corrected chi connectivity index (χ0v) is 15.4. The van der Waals surface area contributed by atoms with Crippen LogP contribution in [0, 0.1) is 5.41 Å². The minimum absolute atomic E-state index is 0.0237. The molecule has 3 N–H and O–H groups in total. The molecule has 0 saturated heterocycles. The van der Waals surface area contributed by atoms with Gasteiger partial charge in [0, 0.05) is 16.7 Å². The molecular weight excluding hydrogens is 363 g/mol. The van der Waals surface area contributed by atoms with Gasteiger partial charge >= 0.3 is 6.18 Å². The van der Waals surface area contributed by atoms with E-state index >= 15 is 0 Å². The molecule has 6 heteroatoms. The van der Waals surface area contributed by atoms with Gasteiger partial charge in [-0.1, -0.05) is 44.2 Å². The van der Waals surface area contributed by atoms with E-state index in [1.807, 2.05) is 24.3 Å². The van der Waals surface area contributed by atoms with E-state index in [9.17, 15) is 13.2 Å². The van der Waals surface area contributed by atoms with Crippen LogP contribution in [0.3, 0.4) is 0 Å². The van der Waals surface area contributed by atoms with Crippen LogP contribution < -0.4 is 5.73 Å². The molecule has 3 aromatic rings. The van der Waals surface area contributed by atoms with E-state index in [1.54, 1.807) is 6.07 Å². The van der Waals surface area contributed by atoms with Crippen molar-refractivity contribution in [3.05, 3.63) is 70.8 Å². The second-order valence-corrected chi connectivity index (χ2v) is 7.23. The largest absolute Gasteiger partial charge is 0.416 e. The summed E-state index contributed by atoms with van der Waals surface area (Å²) in [6, 6.07) is 13.0. The standard InChI is InChI=1S/C22H18F3N3/c1-11(2)12-6-7-13-10-17-19(21(27)28-20(17)26)18(16(13)9-12)14-4-3-5-15(8-14)22(23,24)25/h3-11H,1-2H3,(H3,26,27,28). The van der Waals surface area contributed by atoms with Crippen LogP contribution in [0.2, 0.25) is 0 Å². The van der Waals surface area contributed by atoms with Crippen LogP contribution in [0.5, 0.6) is 0 Å². The summed E-state index contributed by atoms with van der Waals surface area (Å²) in [5.74, 6) is 0.441. The Hall–Kier alpha value is -3.15. The first-order valence-corrected chi connectivity index (χ1v) is 8.88. The summed E-state index contributed by atoms with van der Waals surface area (Å²) >= 11 is 0. The second-order valence-electron chi connectivity index (χ2n) is 7.23. The summed E-state index contributed by atoms with van der Waals surface area (Å²) in [7, 11) is 0. The average molecular weight is 381 g/mol. The molecule has 1 aliphatic heterocycles. The lowest BCUT2D eigenvalue weighted by Gasteiger charge is -2.17. The van der Waals surface area contributed by atoms with Crippen LogP contribution >= 0.6 is 0 Å². The van der Waals surface area contributed by atoms with Gasteiger partial charge in [0.1, 0.15) is 5.84 Å². The summed E-state index contributed by atoms with van der Waals surface area (Å²) in [5, 5.41) is 9.74. The Kier molecular flexibility index (Phi) is 4.03. The van der Waals surface area contributed by atoms with Crippen LogP contribution in [0.15, 0.2) is 53.5 Å². The fourth-order valence-electron chi connectivity index (χ4n) is 3.61. The number of nitrogens with one attached hydrogen (secondary N) is 1. The molecule has 3 aromatic carbocycles. The first-order valence-electron chi connectivity index (χ1n) is 8.88. The summed E-state index contributed by atoms with van der Waals surface area (Å²) in [6.45, 7) is 4.12. The third-order valence-electron chi connectivity index (χ3n) is 5.05. The molecule has 1 aliphatic rings. The number of aliphatic imine (C=N–C) groups is 1. The van der Waals surface area contributed by atoms with Crippen LogP contribution in [-0.2, 0) is 6.18 Å². The van der Waals surface area contributed by atoms with E-state index < -0.39 is 11.7 Å². The van der Waals surface area contributed by atoms with Gasteiger partial charge in [0.15, 0.2) is 5.84 Å². The van der Waals surface area contributed by atoms with Gasteiger partial charge in [0.05, 0.1) is 5.56 Å². The lowest BCUT2D eigenvalue weighted by atomic mass is 9.87. The van der Waals surface area contributed by atoms with E-state index in [-0.39, 0.29) is 17.6 Å². The molecule has 0 amide bonds. The topological polar surface area (TPSA) is 62.2 Å². The van der Waals surface area contributed by atoms with Crippen LogP contribution in [-0.4, -0.2) is 11.7 Å². The van der Waals surface area contributed by atoms with Gasteiger partial charge in [0.25, 0.3) is 0 Å². The van der Waals surface area contributed by atoms with E-state index in [0.29, 0.717) is 22.3 Å². The summed E-state index contributed by atoms with van der Waals surface area (Å²) in [5.41, 5.74) is 8.48. The van der Waals surface area contributed by atoms with Crippen LogP contribution in [0.4, 0.5) is 13.2 Å². The number of halogens is 3. The van der Waals surface area contributed by atoms with Crippen LogP contribution in [0.1, 0.15) is 42.0 Å². The maximum atomic E-state index is 13.3. The van der Waals surface area contributed by atoms with Crippen molar-refractivity contribution in [2.45, 2.75) is 25.9 Å². The molecule has 0 fully saturated rings. The fraction of sp³-hybridized carbons (Fsp3) is 0.182. The molecule has 0 bridgehead atoms. The quantitative estimate of drug-likeness (QED) is 0.588. The lowest BCUT2D eigenvalue weighted by molar-refractivity contribution is -0.137. The minimum atomic E-state index is -4.45. The van der Waals surface area contributed by atoms with Gasteiger partial charge in [-0.05, 0) is 46.0 Å². The molecular formula is C22H18F3N3. The molecule has 28 heavy (non-hydrogen) atoms. The number of nitrogens with two attached hydrogens (primary N) is 1. The minimum Gasteiger partial charge on any atom is -0.383 e. The Balaban J connectivity index is 2.11. The number of hydrogen-bond donors (Lipinski definition) is 2. The zero-order chi connectivity index (χ0) is 20.2. The zero-order valence-electron chi connectivity index (χ0n) is 15.4. The van der Waals surface area contributed by atoms with Crippen molar-refractivity contribution in [1.29, 1.82) is 5.41 Å². The first kappa shape index (κ1) is 18.2. The van der Waals surface area contributed by atoms with Crippen molar-refractivity contribution >= 4 is 22.4 Å². The highest BCUT2D eigenvalue weighted by Gasteiger charge is 2.31. The number of hydrogen-bond acceptors (Lipinski definition) is 2. The Labute approximate surface area is 160 Å². The summed E-state index contributed by atoms with van der Waals surface area (Å²) in [4.78, 5) is 4.05. The number of amidine groups is 2. The highest BCUT2D eigenvalue weighted by molar-refractivity contribution is 6.27. The first-order chi connectivity index (χ1) is 13.2. The monoisotopic (exact) mass is 381 g/mol. The lowest BCUT2D eigenvalue weighted by Crippen LogP contribution is -2.13. The van der Waals surface area contributed by atoms with E-state index in [0.717, 1.165) is 28.5 Å². The Morgan fingerprint density at radius 2 is 1.75 bits per heavy atom. The Morgan fingerprint density at radius 3 is 2.43 bits per heavy atom. The number of alkyl halides is 3. The Bertz CT molecular complexity index is 1160. The molecule has 142 valence electrons. The smallest absolute Gasteiger partial charge is 0.383 e. The molecule has 0 saturated carbocycles. The van der Waals surface area contributed by atoms with Crippen molar-refractivity contribution in [2.75, 3.05) is 0 Å². The van der Waals surface area contributed by atoms with Crippen LogP contribution in [0.25, 0.3) is 21.9 Å². The number of fused-ring (bicyclic) bond motifs is 2. The highest BCUT2D eigenvalue weighted by Crippen LogP contribution is 2.40. The molecule has 0 atom stereocenters. The van der Waals surface area contributed by atoms with Gasteiger partial charge in [-0.3, -0.25) is 5.41 Å². The average Bonchev–Trinajstić information content (AvgIpc) is 2.92. The van der Waals surface area contributed by atoms with Crippen molar-refractivity contribution in [3.8, 4) is 11.1 Å². The Morgan fingerprint density at radius 1 is 1.00 bits per heavy atom. The van der Waals surface area contributed by atoms with E-state index in [2.05, 4.69) is 18.8 Å². The summed E-state index contributed by atoms with van der Waals surface area (Å²) < 4.78 is 39.9. The molecule has 0 aliphatic carbocycles. The fourth-order valence-corrected chi connectivity index (χ4v) is 3.61. The summed E-state index contributed by atoms with van der Waals surface area (Å²) in [6.07, 6.45) is -4.45. The molecule has 0 unspecified atom stereocenters.